The second kappa shape index (κ2) is 13.9. The first-order valence-corrected chi connectivity index (χ1v) is 11.0. The number of pyridine rings is 2. The van der Waals surface area contributed by atoms with E-state index in [-0.39, 0.29) is 18.0 Å². The molecule has 2 N–H and O–H groups in total. The van der Waals surface area contributed by atoms with Gasteiger partial charge in [-0.2, -0.15) is 0 Å². The Hall–Kier alpha value is -1.26. The van der Waals surface area contributed by atoms with Gasteiger partial charge in [0, 0.05) is 47.4 Å². The Morgan fingerprint density at radius 2 is 1.38 bits per heavy atom. The number of aromatic hydroxyl groups is 1. The van der Waals surface area contributed by atoms with E-state index in [2.05, 4.69) is 41.8 Å². The molecule has 160 valence electrons. The monoisotopic (exact) mass is 532 g/mol. The minimum absolute atomic E-state index is 0.0891. The van der Waals surface area contributed by atoms with Gasteiger partial charge in [-0.3, -0.25) is 9.97 Å². The third-order valence-corrected chi connectivity index (χ3v) is 4.90. The van der Waals surface area contributed by atoms with E-state index in [4.69, 9.17) is 24.4 Å². The van der Waals surface area contributed by atoms with Gasteiger partial charge in [0.15, 0.2) is 0 Å². The first-order chi connectivity index (χ1) is 14.0. The maximum atomic E-state index is 8.83. The fourth-order valence-electron chi connectivity index (χ4n) is 2.53. The predicted molar refractivity (Wildman–Crippen MR) is 116 cm³/mol. The van der Waals surface area contributed by atoms with Gasteiger partial charge in [0.2, 0.25) is 0 Å². The van der Waals surface area contributed by atoms with Crippen LogP contribution in [0.2, 0.25) is 0 Å². The first kappa shape index (κ1) is 24.0. The highest BCUT2D eigenvalue weighted by Gasteiger charge is 2.15. The van der Waals surface area contributed by atoms with Crippen LogP contribution >= 0.6 is 31.9 Å². The van der Waals surface area contributed by atoms with Gasteiger partial charge >= 0.3 is 0 Å². The molecule has 0 atom stereocenters. The smallest absolute Gasteiger partial charge is 0.139 e. The molecular weight excluding hydrogens is 508 g/mol. The lowest BCUT2D eigenvalue weighted by Crippen LogP contribution is -2.25. The van der Waals surface area contributed by atoms with Gasteiger partial charge in [-0.25, -0.2) is 0 Å². The topological polar surface area (TPSA) is 93.9 Å². The lowest BCUT2D eigenvalue weighted by molar-refractivity contribution is 0.0140. The summed E-state index contributed by atoms with van der Waals surface area (Å²) in [6.07, 6.45) is 10.2. The number of aliphatic hydroxyl groups excluding tert-OH is 1. The lowest BCUT2D eigenvalue weighted by atomic mass is 10.1. The van der Waals surface area contributed by atoms with E-state index >= 15 is 0 Å². The van der Waals surface area contributed by atoms with Crippen molar-refractivity contribution in [3.8, 4) is 11.5 Å². The molecule has 2 aromatic rings. The molecule has 2 aromatic heterocycles. The summed E-state index contributed by atoms with van der Waals surface area (Å²) in [5.41, 5.74) is 0. The van der Waals surface area contributed by atoms with Crippen LogP contribution in [0, 0.1) is 0 Å². The highest BCUT2D eigenvalue weighted by Crippen LogP contribution is 2.20. The number of rotatable bonds is 2. The van der Waals surface area contributed by atoms with Crippen molar-refractivity contribution in [2.45, 2.75) is 37.9 Å². The summed E-state index contributed by atoms with van der Waals surface area (Å²) >= 11 is 6.50. The molecule has 29 heavy (non-hydrogen) atoms. The molecule has 0 aromatic carbocycles. The average Bonchev–Trinajstić information content (AvgIpc) is 2.70. The van der Waals surface area contributed by atoms with E-state index in [1.807, 2.05) is 6.07 Å². The zero-order valence-corrected chi connectivity index (χ0v) is 19.2. The molecule has 7 nitrogen and oxygen atoms in total. The van der Waals surface area contributed by atoms with Crippen LogP contribution in [-0.4, -0.2) is 58.8 Å². The maximum Gasteiger partial charge on any atom is 0.139 e. The Morgan fingerprint density at radius 3 is 1.83 bits per heavy atom. The summed E-state index contributed by atoms with van der Waals surface area (Å²) in [5, 5.41) is 17.5. The third-order valence-electron chi connectivity index (χ3n) is 4.03. The Kier molecular flexibility index (Phi) is 11.5. The van der Waals surface area contributed by atoms with Gasteiger partial charge in [-0.1, -0.05) is 0 Å². The Labute approximate surface area is 187 Å². The third kappa shape index (κ3) is 10.9. The minimum atomic E-state index is -0.0891. The predicted octanol–water partition coefficient (Wildman–Crippen LogP) is 4.11. The van der Waals surface area contributed by atoms with E-state index in [9.17, 15) is 0 Å². The molecule has 0 spiro atoms. The fraction of sp³-hybridized carbons (Fsp3) is 0.500. The summed E-state index contributed by atoms with van der Waals surface area (Å²) in [5.74, 6) is 1.01. The largest absolute Gasteiger partial charge is 0.506 e. The van der Waals surface area contributed by atoms with Gasteiger partial charge in [-0.05, 0) is 56.8 Å². The van der Waals surface area contributed by atoms with Crippen molar-refractivity contribution in [3.63, 3.8) is 0 Å². The van der Waals surface area contributed by atoms with Crippen LogP contribution in [0.3, 0.4) is 0 Å². The highest BCUT2D eigenvalue weighted by molar-refractivity contribution is 9.10. The molecule has 4 heterocycles. The molecule has 0 aliphatic carbocycles. The van der Waals surface area contributed by atoms with Crippen molar-refractivity contribution in [1.29, 1.82) is 0 Å². The van der Waals surface area contributed by atoms with Crippen molar-refractivity contribution < 1.29 is 24.4 Å². The summed E-state index contributed by atoms with van der Waals surface area (Å²) in [6, 6.07) is 3.51. The highest BCUT2D eigenvalue weighted by atomic mass is 79.9. The van der Waals surface area contributed by atoms with E-state index in [1.54, 1.807) is 24.7 Å². The Bertz CT molecular complexity index is 694. The van der Waals surface area contributed by atoms with Crippen LogP contribution < -0.4 is 4.74 Å². The number of hydrogen-bond acceptors (Lipinski definition) is 7. The minimum Gasteiger partial charge on any atom is -0.506 e. The number of hydrogen-bond donors (Lipinski definition) is 2. The first-order valence-electron chi connectivity index (χ1n) is 9.43. The molecule has 0 bridgehead atoms. The van der Waals surface area contributed by atoms with Crippen molar-refractivity contribution in [2.75, 3.05) is 26.4 Å². The maximum absolute atomic E-state index is 8.83. The molecule has 0 amide bonds. The lowest BCUT2D eigenvalue weighted by Gasteiger charge is -2.23. The van der Waals surface area contributed by atoms with Crippen molar-refractivity contribution in [2.24, 2.45) is 0 Å². The molecular formula is C20H26Br2N2O5. The summed E-state index contributed by atoms with van der Waals surface area (Å²) in [4.78, 5) is 7.73. The zero-order valence-electron chi connectivity index (χ0n) is 16.0. The normalized spacial score (nSPS) is 17.3. The van der Waals surface area contributed by atoms with Gasteiger partial charge in [0.05, 0.1) is 31.7 Å². The second-order valence-corrected chi connectivity index (χ2v) is 8.30. The molecule has 0 radical (unpaired) electrons. The van der Waals surface area contributed by atoms with E-state index in [0.29, 0.717) is 0 Å². The van der Waals surface area contributed by atoms with E-state index in [1.165, 1.54) is 6.20 Å². The van der Waals surface area contributed by atoms with Crippen molar-refractivity contribution in [3.05, 3.63) is 45.9 Å². The summed E-state index contributed by atoms with van der Waals surface area (Å²) in [6.45, 7) is 3.07. The zero-order chi connectivity index (χ0) is 20.9. The van der Waals surface area contributed by atoms with Crippen molar-refractivity contribution >= 4 is 31.9 Å². The summed E-state index contributed by atoms with van der Waals surface area (Å²) in [7, 11) is 0. The number of ether oxygens (including phenoxy) is 3. The number of halogens is 2. The van der Waals surface area contributed by atoms with Crippen LogP contribution in [0.25, 0.3) is 0 Å². The molecule has 2 aliphatic heterocycles. The average molecular weight is 534 g/mol. The van der Waals surface area contributed by atoms with Gasteiger partial charge in [0.25, 0.3) is 0 Å². The van der Waals surface area contributed by atoms with Gasteiger partial charge < -0.3 is 24.4 Å². The molecule has 2 fully saturated rings. The number of aromatic nitrogens is 2. The molecule has 2 saturated heterocycles. The SMILES string of the molecule is Brc1cncc(OC2CCOCC2)c1.OC1CCOCC1.Oc1cncc(Br)c1. The molecule has 4 rings (SSSR count). The van der Waals surface area contributed by atoms with E-state index < -0.39 is 0 Å². The Balaban J connectivity index is 0.000000170. The van der Waals surface area contributed by atoms with Gasteiger partial charge in [0.1, 0.15) is 17.6 Å². The van der Waals surface area contributed by atoms with Crippen LogP contribution in [0.5, 0.6) is 11.5 Å². The van der Waals surface area contributed by atoms with Crippen LogP contribution in [0.15, 0.2) is 45.9 Å². The van der Waals surface area contributed by atoms with Crippen molar-refractivity contribution in [1.82, 2.24) is 9.97 Å². The fourth-order valence-corrected chi connectivity index (χ4v) is 3.23. The van der Waals surface area contributed by atoms with E-state index in [0.717, 1.165) is 66.8 Å². The Morgan fingerprint density at radius 1 is 0.828 bits per heavy atom. The van der Waals surface area contributed by atoms with Crippen LogP contribution in [-0.2, 0) is 9.47 Å². The van der Waals surface area contributed by atoms with Gasteiger partial charge in [-0.15, -0.1) is 0 Å². The second-order valence-electron chi connectivity index (χ2n) is 6.47. The van der Waals surface area contributed by atoms with Crippen LogP contribution in [0.4, 0.5) is 0 Å². The molecule has 0 saturated carbocycles. The standard InChI is InChI=1S/C10H12BrNO2.C5H4BrNO.C5H10O2/c11-8-5-10(7-12-6-8)14-9-1-3-13-4-2-9;6-4-1-5(8)3-7-2-4;6-5-1-3-7-4-2-5/h5-7,9H,1-4H2;1-3,8H;5-6H,1-4H2. The number of nitrogens with zero attached hydrogens (tertiary/aromatic N) is 2. The molecule has 2 aliphatic rings. The summed E-state index contributed by atoms with van der Waals surface area (Å²) < 4.78 is 17.7. The number of aliphatic hydroxyl groups is 1. The molecule has 9 heteroatoms. The van der Waals surface area contributed by atoms with Crippen LogP contribution in [0.1, 0.15) is 25.7 Å². The molecule has 0 unspecified atom stereocenters. The quantitative estimate of drug-likeness (QED) is 0.599.